The van der Waals surface area contributed by atoms with E-state index in [1.54, 1.807) is 11.8 Å². The highest BCUT2D eigenvalue weighted by atomic mass is 16.2. The molecule has 0 heterocycles. The maximum Gasteiger partial charge on any atom is 0.242 e. The van der Waals surface area contributed by atoms with E-state index in [4.69, 9.17) is 5.26 Å². The first-order chi connectivity index (χ1) is 8.03. The summed E-state index contributed by atoms with van der Waals surface area (Å²) in [5.74, 6) is 0.616. The van der Waals surface area contributed by atoms with Crippen LogP contribution in [0, 0.1) is 22.7 Å². The molecule has 3 nitrogen and oxygen atoms in total. The van der Waals surface area contributed by atoms with Gasteiger partial charge in [0.05, 0.1) is 6.07 Å². The minimum Gasteiger partial charge on any atom is -0.344 e. The lowest BCUT2D eigenvalue weighted by molar-refractivity contribution is -0.137. The van der Waals surface area contributed by atoms with Crippen molar-refractivity contribution in [1.29, 1.82) is 5.26 Å². The topological polar surface area (TPSA) is 44.1 Å². The summed E-state index contributed by atoms with van der Waals surface area (Å²) in [6.45, 7) is 4.46. The molecule has 0 bridgehead atoms. The van der Waals surface area contributed by atoms with Crippen LogP contribution in [0.2, 0.25) is 0 Å². The highest BCUT2D eigenvalue weighted by Gasteiger charge is 2.34. The van der Waals surface area contributed by atoms with Gasteiger partial charge in [-0.1, -0.05) is 26.2 Å². The quantitative estimate of drug-likeness (QED) is 0.753. The molecule has 1 fully saturated rings. The molecule has 1 aliphatic rings. The molecule has 1 unspecified atom stereocenters. The Balaban J connectivity index is 2.54. The van der Waals surface area contributed by atoms with Crippen molar-refractivity contribution in [3.8, 4) is 6.07 Å². The molecule has 1 rings (SSSR count). The molecule has 1 aliphatic carbocycles. The van der Waals surface area contributed by atoms with E-state index in [0.717, 1.165) is 6.54 Å². The SMILES string of the molecule is CCC(C)(C#N)C(=O)N(C)CC1CCCCC1. The van der Waals surface area contributed by atoms with Gasteiger partial charge in [-0.3, -0.25) is 4.79 Å². The van der Waals surface area contributed by atoms with Crippen molar-refractivity contribution in [2.24, 2.45) is 11.3 Å². The van der Waals surface area contributed by atoms with Crippen LogP contribution in [0.1, 0.15) is 52.4 Å². The van der Waals surface area contributed by atoms with Crippen molar-refractivity contribution >= 4 is 5.91 Å². The average molecular weight is 236 g/mol. The molecule has 0 aliphatic heterocycles. The minimum absolute atomic E-state index is 0.0203. The maximum absolute atomic E-state index is 12.2. The Morgan fingerprint density at radius 1 is 1.41 bits per heavy atom. The molecule has 96 valence electrons. The average Bonchev–Trinajstić information content (AvgIpc) is 2.38. The van der Waals surface area contributed by atoms with Crippen LogP contribution in [-0.4, -0.2) is 24.4 Å². The van der Waals surface area contributed by atoms with Crippen LogP contribution in [0.3, 0.4) is 0 Å². The Morgan fingerprint density at radius 2 is 2.00 bits per heavy atom. The molecule has 0 aromatic carbocycles. The van der Waals surface area contributed by atoms with Crippen molar-refractivity contribution in [1.82, 2.24) is 4.90 Å². The van der Waals surface area contributed by atoms with E-state index in [1.807, 2.05) is 14.0 Å². The van der Waals surface area contributed by atoms with Gasteiger partial charge in [0.15, 0.2) is 0 Å². The second-order valence-corrected chi connectivity index (χ2v) is 5.49. The lowest BCUT2D eigenvalue weighted by Gasteiger charge is -2.31. The van der Waals surface area contributed by atoms with Crippen LogP contribution in [0.4, 0.5) is 0 Å². The summed E-state index contributed by atoms with van der Waals surface area (Å²) < 4.78 is 0. The highest BCUT2D eigenvalue weighted by Crippen LogP contribution is 2.27. The van der Waals surface area contributed by atoms with Gasteiger partial charge >= 0.3 is 0 Å². The number of amides is 1. The third-order valence-electron chi connectivity index (χ3n) is 4.03. The largest absolute Gasteiger partial charge is 0.344 e. The fraction of sp³-hybridized carbons (Fsp3) is 0.857. The minimum atomic E-state index is -0.844. The molecular weight excluding hydrogens is 212 g/mol. The Morgan fingerprint density at radius 3 is 2.47 bits per heavy atom. The molecule has 1 amide bonds. The third-order valence-corrected chi connectivity index (χ3v) is 4.03. The van der Waals surface area contributed by atoms with Crippen LogP contribution in [-0.2, 0) is 4.79 Å². The summed E-state index contributed by atoms with van der Waals surface area (Å²) in [5, 5.41) is 9.11. The van der Waals surface area contributed by atoms with Gasteiger partial charge in [0.1, 0.15) is 5.41 Å². The summed E-state index contributed by atoms with van der Waals surface area (Å²) in [4.78, 5) is 14.0. The van der Waals surface area contributed by atoms with Crippen LogP contribution >= 0.6 is 0 Å². The summed E-state index contributed by atoms with van der Waals surface area (Å²) >= 11 is 0. The fourth-order valence-electron chi connectivity index (χ4n) is 2.54. The van der Waals surface area contributed by atoms with Crippen LogP contribution < -0.4 is 0 Å². The summed E-state index contributed by atoms with van der Waals surface area (Å²) in [7, 11) is 1.84. The molecular formula is C14H24N2O. The van der Waals surface area contributed by atoms with Gasteiger partial charge in [-0.25, -0.2) is 0 Å². The van der Waals surface area contributed by atoms with Gasteiger partial charge in [0.25, 0.3) is 0 Å². The summed E-state index contributed by atoms with van der Waals surface area (Å²) in [6.07, 6.45) is 6.95. The van der Waals surface area contributed by atoms with Crippen molar-refractivity contribution in [3.05, 3.63) is 0 Å². The maximum atomic E-state index is 12.2. The Hall–Kier alpha value is -1.04. The van der Waals surface area contributed by atoms with E-state index in [0.29, 0.717) is 12.3 Å². The first-order valence-electron chi connectivity index (χ1n) is 6.70. The normalized spacial score (nSPS) is 20.4. The molecule has 3 heteroatoms. The Bertz CT molecular complexity index is 302. The lowest BCUT2D eigenvalue weighted by Crippen LogP contribution is -2.41. The summed E-state index contributed by atoms with van der Waals surface area (Å²) in [5.41, 5.74) is -0.844. The molecule has 1 saturated carbocycles. The molecule has 0 saturated heterocycles. The predicted molar refractivity (Wildman–Crippen MR) is 68.2 cm³/mol. The Kier molecular flexibility index (Phi) is 4.99. The number of nitrogens with zero attached hydrogens (tertiary/aromatic N) is 2. The standard InChI is InChI=1S/C14H24N2O/c1-4-14(2,11-15)13(17)16(3)10-12-8-6-5-7-9-12/h12H,4-10H2,1-3H3. The lowest BCUT2D eigenvalue weighted by atomic mass is 9.86. The van der Waals surface area contributed by atoms with Crippen molar-refractivity contribution in [2.75, 3.05) is 13.6 Å². The highest BCUT2D eigenvalue weighted by molar-refractivity contribution is 5.84. The zero-order valence-electron chi connectivity index (χ0n) is 11.3. The number of carbonyl (C=O) groups is 1. The molecule has 1 atom stereocenters. The monoisotopic (exact) mass is 236 g/mol. The smallest absolute Gasteiger partial charge is 0.242 e. The van der Waals surface area contributed by atoms with Crippen LogP contribution in [0.25, 0.3) is 0 Å². The van der Waals surface area contributed by atoms with Crippen LogP contribution in [0.15, 0.2) is 0 Å². The van der Waals surface area contributed by atoms with Crippen molar-refractivity contribution in [3.63, 3.8) is 0 Å². The molecule has 0 spiro atoms. The third kappa shape index (κ3) is 3.46. The number of rotatable bonds is 4. The van der Waals surface area contributed by atoms with Crippen LogP contribution in [0.5, 0.6) is 0 Å². The molecule has 0 aromatic heterocycles. The van der Waals surface area contributed by atoms with Gasteiger partial charge in [0.2, 0.25) is 5.91 Å². The van der Waals surface area contributed by atoms with Gasteiger partial charge in [-0.15, -0.1) is 0 Å². The zero-order valence-corrected chi connectivity index (χ0v) is 11.3. The molecule has 0 aromatic rings. The van der Waals surface area contributed by atoms with E-state index in [-0.39, 0.29) is 5.91 Å². The summed E-state index contributed by atoms with van der Waals surface area (Å²) in [6, 6.07) is 2.15. The number of hydrogen-bond acceptors (Lipinski definition) is 2. The van der Waals surface area contributed by atoms with Gasteiger partial charge in [0, 0.05) is 13.6 Å². The number of nitriles is 1. The van der Waals surface area contributed by atoms with Crippen molar-refractivity contribution in [2.45, 2.75) is 52.4 Å². The number of carbonyl (C=O) groups excluding carboxylic acids is 1. The van der Waals surface area contributed by atoms with E-state index in [1.165, 1.54) is 32.1 Å². The van der Waals surface area contributed by atoms with Gasteiger partial charge in [-0.2, -0.15) is 5.26 Å². The van der Waals surface area contributed by atoms with Gasteiger partial charge in [-0.05, 0) is 32.1 Å². The molecule has 0 N–H and O–H groups in total. The molecule has 17 heavy (non-hydrogen) atoms. The first-order valence-corrected chi connectivity index (χ1v) is 6.70. The first kappa shape index (κ1) is 14.0. The Labute approximate surface area is 105 Å². The number of hydrogen-bond donors (Lipinski definition) is 0. The van der Waals surface area contributed by atoms with E-state index < -0.39 is 5.41 Å². The van der Waals surface area contributed by atoms with E-state index >= 15 is 0 Å². The molecule has 0 radical (unpaired) electrons. The van der Waals surface area contributed by atoms with E-state index in [2.05, 4.69) is 6.07 Å². The van der Waals surface area contributed by atoms with Gasteiger partial charge < -0.3 is 4.90 Å². The fourth-order valence-corrected chi connectivity index (χ4v) is 2.54. The predicted octanol–water partition coefficient (Wildman–Crippen LogP) is 2.96. The second kappa shape index (κ2) is 6.05. The van der Waals surface area contributed by atoms with Crippen molar-refractivity contribution < 1.29 is 4.79 Å². The zero-order chi connectivity index (χ0) is 12.9. The second-order valence-electron chi connectivity index (χ2n) is 5.49. The van der Waals surface area contributed by atoms with E-state index in [9.17, 15) is 4.79 Å².